The molecule has 0 bridgehead atoms. The number of aliphatic hydroxyl groups is 1. The van der Waals surface area contributed by atoms with Gasteiger partial charge in [0.05, 0.1) is 96.8 Å². The lowest BCUT2D eigenvalue weighted by atomic mass is 9.86. The minimum atomic E-state index is -0.0585. The van der Waals surface area contributed by atoms with Crippen LogP contribution in [0.4, 0.5) is 46.5 Å². The molecule has 16 aromatic rings. The number of aromatic amines is 4. The molecule has 6 aliphatic rings. The zero-order valence-electron chi connectivity index (χ0n) is 78.0. The average molecular weight is 1970 g/mol. The Bertz CT molecular complexity index is 7260. The van der Waals surface area contributed by atoms with E-state index in [4.69, 9.17) is 56.2 Å². The Labute approximate surface area is 824 Å². The smallest absolute Gasteiger partial charge is 0.270 e. The number of hydrogen-bond acceptors (Lipinski definition) is 25. The van der Waals surface area contributed by atoms with Gasteiger partial charge in [0.25, 0.3) is 23.6 Å². The Kier molecular flexibility index (Phi) is 28.0. The van der Waals surface area contributed by atoms with E-state index in [0.29, 0.717) is 158 Å². The molecule has 1 atom stereocenters. The highest BCUT2D eigenvalue weighted by Gasteiger charge is 2.44. The number of carbonyl (C=O) groups excluding carboxylic acids is 5. The SMILES string of the molecule is CN(CC1CCOCC1)C(=O)c1cc2cc(Nc3nccc(-c4cn(C)cn4)n3)cc(Cl)c2[nH]1.CN1CCC2(CCN(C(=O)c3cc4cc(Nc5nccc(-c6cn(C)cn6)n5)cc(Cl)c4[nH]3)C2)C1.Cn1cnc(-c2ccnc(Nc3cc(Cl)c4[nH]c(C(=O)N5CCC(N6CCCC6=O)CC5)cc4c3)n2)c1.Cn1cnc(-c2ccnc(Nc3cc(Cl)c4[nH]c(C(=O)N5CCN(CCO)CC5)cc4c3)n2)c1. The molecule has 0 aliphatic carbocycles. The third-order valence-corrected chi connectivity index (χ3v) is 27.3. The van der Waals surface area contributed by atoms with Crippen LogP contribution >= 0.6 is 46.4 Å². The fraction of sp³-hybridized carbons (Fsp3) is 0.337. The summed E-state index contributed by atoms with van der Waals surface area (Å²) in [7, 11) is 11.6. The number of benzene rings is 4. The van der Waals surface area contributed by atoms with Crippen molar-refractivity contribution in [2.45, 2.75) is 57.4 Å². The number of amides is 5. The first-order chi connectivity index (χ1) is 67.8. The molecular weight excluding hydrogens is 1870 g/mol. The molecule has 6 fully saturated rings. The van der Waals surface area contributed by atoms with E-state index in [1.807, 2.05) is 165 Å². The fourth-order valence-corrected chi connectivity index (χ4v) is 20.1. The number of ether oxygens (including phenoxy) is 1. The zero-order valence-corrected chi connectivity index (χ0v) is 81.0. The number of anilines is 8. The molecule has 5 amide bonds. The predicted octanol–water partition coefficient (Wildman–Crippen LogP) is 14.7. The Balaban J connectivity index is 0.000000119. The summed E-state index contributed by atoms with van der Waals surface area (Å²) >= 11 is 26.3. The van der Waals surface area contributed by atoms with Crippen molar-refractivity contribution in [3.63, 3.8) is 0 Å². The van der Waals surface area contributed by atoms with Crippen molar-refractivity contribution in [1.29, 1.82) is 0 Å². The number of rotatable bonds is 21. The van der Waals surface area contributed by atoms with Crippen LogP contribution in [0.3, 0.4) is 0 Å². The lowest BCUT2D eigenvalue weighted by Crippen LogP contribution is -2.49. The van der Waals surface area contributed by atoms with E-state index in [9.17, 15) is 24.0 Å². The number of hydrogen-bond donors (Lipinski definition) is 9. The molecule has 722 valence electrons. The summed E-state index contributed by atoms with van der Waals surface area (Å²) in [5.74, 6) is 2.29. The molecule has 4 aromatic carbocycles. The predicted molar refractivity (Wildman–Crippen MR) is 538 cm³/mol. The number of H-pyrrole nitrogens is 4. The van der Waals surface area contributed by atoms with E-state index in [0.717, 1.165) is 176 Å². The Morgan fingerprint density at radius 2 is 0.814 bits per heavy atom. The second-order valence-electron chi connectivity index (χ2n) is 36.5. The molecule has 38 nitrogen and oxygen atoms in total. The number of carbonyl (C=O) groups is 5. The standard InChI is InChI=1S/C26H27ClN8O2.C25H27ClN8O.C24H26ClN7O2.C23H25ClN8O2/c1-33-14-22(29-15-33)20-4-7-28-26(32-20)30-17-11-16-12-21(31-24(16)19(27)13-17)25(37)34-9-5-18(6-10-34)35-8-2-3-23(35)36;1-32-7-4-25(13-32)5-8-34(14-25)23(35)20-10-16-9-17(11-18(26)22(16)30-20)29-24-27-6-3-19(31-24)21-12-33(2)15-28-21;1-31-13-21(27-14-31)19-3-6-26-24(30-19)28-17-9-16-10-20(29-22(16)18(25)11-17)23(33)32(2)12-15-4-7-34-8-5-15;1-30-13-20(26-14-30)18-2-3-25-23(29-18)27-16-10-15-11-19(28-21(15)17(24)12-16)22(34)32-6-4-31(5-7-32)8-9-33/h4,7,11-15,18,31H,2-3,5-6,8-10H2,1H3,(H,28,30,32);3,6,9-12,15,30H,4-5,7-8,13-14H2,1-2H3,(H,27,29,31);3,6,9-11,13-15,29H,4-5,7-8,12H2,1-2H3,(H,26,28,30);2-3,10-14,28,33H,4-9H2,1H3,(H,25,27,29). The molecule has 6 aliphatic heterocycles. The number of fused-ring (bicyclic) bond motifs is 4. The highest BCUT2D eigenvalue weighted by molar-refractivity contribution is 6.37. The molecule has 18 heterocycles. The van der Waals surface area contributed by atoms with Crippen molar-refractivity contribution in [2.24, 2.45) is 39.5 Å². The third-order valence-electron chi connectivity index (χ3n) is 26.1. The second kappa shape index (κ2) is 41.4. The van der Waals surface area contributed by atoms with E-state index >= 15 is 0 Å². The summed E-state index contributed by atoms with van der Waals surface area (Å²) in [6, 6.07) is 29.7. The molecular formula is C98H105Cl4N31O7. The average Bonchev–Trinajstić information content (AvgIpc) is 1.59. The van der Waals surface area contributed by atoms with Crippen LogP contribution in [0.1, 0.15) is 93.3 Å². The molecule has 22 rings (SSSR count). The number of nitrogens with one attached hydrogen (secondary N) is 8. The van der Waals surface area contributed by atoms with Crippen LogP contribution in [-0.4, -0.2) is 292 Å². The number of halogens is 4. The monoisotopic (exact) mass is 1970 g/mol. The van der Waals surface area contributed by atoms with Gasteiger partial charge in [-0.25, -0.2) is 59.8 Å². The van der Waals surface area contributed by atoms with Crippen molar-refractivity contribution in [3.8, 4) is 45.6 Å². The summed E-state index contributed by atoms with van der Waals surface area (Å²) in [6.45, 7) is 11.6. The number of piperidine rings is 1. The molecule has 6 saturated heterocycles. The van der Waals surface area contributed by atoms with Gasteiger partial charge in [0.15, 0.2) is 0 Å². The first kappa shape index (κ1) is 94.7. The molecule has 12 aromatic heterocycles. The minimum Gasteiger partial charge on any atom is -0.395 e. The molecule has 1 unspecified atom stereocenters. The van der Waals surface area contributed by atoms with Crippen molar-refractivity contribution < 1.29 is 33.8 Å². The van der Waals surface area contributed by atoms with Crippen LogP contribution in [-0.2, 0) is 37.7 Å². The van der Waals surface area contributed by atoms with E-state index in [1.54, 1.807) is 85.3 Å². The maximum Gasteiger partial charge on any atom is 0.270 e. The number of aryl methyl sites for hydroxylation is 4. The normalized spacial score (nSPS) is 16.6. The van der Waals surface area contributed by atoms with Crippen LogP contribution in [0, 0.1) is 11.3 Å². The second-order valence-corrected chi connectivity index (χ2v) is 38.1. The minimum absolute atomic E-state index is 0.0320. The van der Waals surface area contributed by atoms with Crippen LogP contribution < -0.4 is 21.3 Å². The van der Waals surface area contributed by atoms with Crippen LogP contribution in [0.5, 0.6) is 0 Å². The van der Waals surface area contributed by atoms with E-state index in [1.165, 1.54) is 0 Å². The van der Waals surface area contributed by atoms with Gasteiger partial charge in [-0.1, -0.05) is 46.4 Å². The number of likely N-dealkylation sites (tertiary alicyclic amines) is 4. The highest BCUT2D eigenvalue weighted by atomic mass is 35.5. The van der Waals surface area contributed by atoms with E-state index < -0.39 is 0 Å². The molecule has 42 heteroatoms. The first-order valence-electron chi connectivity index (χ1n) is 46.4. The molecule has 9 N–H and O–H groups in total. The van der Waals surface area contributed by atoms with Crippen LogP contribution in [0.2, 0.25) is 20.1 Å². The van der Waals surface area contributed by atoms with Gasteiger partial charge >= 0.3 is 0 Å². The molecule has 0 radical (unpaired) electrons. The van der Waals surface area contributed by atoms with Crippen molar-refractivity contribution in [1.82, 2.24) is 132 Å². The van der Waals surface area contributed by atoms with Crippen molar-refractivity contribution in [2.75, 3.05) is 140 Å². The highest BCUT2D eigenvalue weighted by Crippen LogP contribution is 2.42. The van der Waals surface area contributed by atoms with Gasteiger partial charge in [0.1, 0.15) is 45.6 Å². The summed E-state index contributed by atoms with van der Waals surface area (Å²) in [5.41, 5.74) is 14.0. The number of β-amino-alcohol motifs (C(OH)–C–C–N with tert-alkyl or cyclic N) is 1. The maximum atomic E-state index is 13.3. The maximum absolute atomic E-state index is 13.3. The zero-order chi connectivity index (χ0) is 97.0. The fourth-order valence-electron chi connectivity index (χ4n) is 19.0. The number of nitrogens with zero attached hydrogens (tertiary/aromatic N) is 23. The number of piperazine rings is 1. The Hall–Kier alpha value is -14.3. The summed E-state index contributed by atoms with van der Waals surface area (Å²) in [4.78, 5) is 144. The van der Waals surface area contributed by atoms with Crippen molar-refractivity contribution in [3.05, 3.63) is 215 Å². The van der Waals surface area contributed by atoms with Crippen molar-refractivity contribution >= 4 is 166 Å². The first-order valence-corrected chi connectivity index (χ1v) is 47.9. The number of aliphatic hydroxyl groups excluding tert-OH is 1. The lowest BCUT2D eigenvalue weighted by molar-refractivity contribution is -0.130. The number of imidazole rings is 4. The summed E-state index contributed by atoms with van der Waals surface area (Å²) < 4.78 is 12.9. The topological polar surface area (TPSA) is 423 Å². The summed E-state index contributed by atoms with van der Waals surface area (Å²) in [5, 5.41) is 27.3. The number of aromatic nitrogens is 20. The van der Waals surface area contributed by atoms with E-state index in [-0.39, 0.29) is 47.6 Å². The summed E-state index contributed by atoms with van der Waals surface area (Å²) in [6.07, 6.45) is 28.6. The van der Waals surface area contributed by atoms with Gasteiger partial charge in [-0.3, -0.25) is 28.9 Å². The van der Waals surface area contributed by atoms with Gasteiger partial charge in [-0.05, 0) is 162 Å². The van der Waals surface area contributed by atoms with Gasteiger partial charge in [0, 0.05) is 239 Å². The van der Waals surface area contributed by atoms with Gasteiger partial charge in [-0.15, -0.1) is 0 Å². The van der Waals surface area contributed by atoms with Gasteiger partial charge in [0.2, 0.25) is 29.7 Å². The largest absolute Gasteiger partial charge is 0.395 e. The molecule has 1 spiro atoms. The third kappa shape index (κ3) is 21.8. The molecule has 0 saturated carbocycles. The quantitative estimate of drug-likeness (QED) is 0.0323. The van der Waals surface area contributed by atoms with Crippen LogP contribution in [0.25, 0.3) is 89.2 Å². The van der Waals surface area contributed by atoms with Crippen LogP contribution in [0.15, 0.2) is 172 Å². The Morgan fingerprint density at radius 1 is 0.443 bits per heavy atom. The van der Waals surface area contributed by atoms with Gasteiger partial charge in [-0.2, -0.15) is 0 Å². The van der Waals surface area contributed by atoms with E-state index in [2.05, 4.69) is 118 Å². The Morgan fingerprint density at radius 3 is 1.17 bits per heavy atom. The lowest BCUT2D eigenvalue weighted by Gasteiger charge is -2.36. The van der Waals surface area contributed by atoms with Gasteiger partial charge < -0.3 is 98.7 Å². The molecule has 140 heavy (non-hydrogen) atoms.